The molecule has 1 fully saturated rings. The van der Waals surface area contributed by atoms with Crippen LogP contribution in [0.15, 0.2) is 0 Å². The van der Waals surface area contributed by atoms with Gasteiger partial charge in [0.2, 0.25) is 0 Å². The topological polar surface area (TPSA) is 15.3 Å². The molecule has 1 N–H and O–H groups in total. The first-order valence-electron chi connectivity index (χ1n) is 7.27. The van der Waals surface area contributed by atoms with Crippen LogP contribution in [0.5, 0.6) is 0 Å². The number of nitrogens with zero attached hydrogens (tertiary/aromatic N) is 1. The zero-order valence-electron chi connectivity index (χ0n) is 12.4. The summed E-state index contributed by atoms with van der Waals surface area (Å²) in [6, 6.07) is 0.178. The molecule has 1 heterocycles. The lowest BCUT2D eigenvalue weighted by Gasteiger charge is -2.43. The fourth-order valence-corrected chi connectivity index (χ4v) is 2.87. The molecule has 0 aromatic rings. The summed E-state index contributed by atoms with van der Waals surface area (Å²) in [5, 5.41) is 3.42. The van der Waals surface area contributed by atoms with Crippen LogP contribution in [0.2, 0.25) is 0 Å². The van der Waals surface area contributed by atoms with E-state index in [-0.39, 0.29) is 18.0 Å². The Morgan fingerprint density at radius 2 is 1.89 bits per heavy atom. The van der Waals surface area contributed by atoms with Crippen molar-refractivity contribution in [1.82, 2.24) is 10.2 Å². The van der Waals surface area contributed by atoms with Crippen LogP contribution in [-0.4, -0.2) is 42.8 Å². The summed E-state index contributed by atoms with van der Waals surface area (Å²) in [4.78, 5) is 1.64. The predicted molar refractivity (Wildman–Crippen MR) is 72.1 cm³/mol. The smallest absolute Gasteiger partial charge is 0.311 e. The van der Waals surface area contributed by atoms with E-state index in [4.69, 9.17) is 0 Å². The first kappa shape index (κ1) is 16.8. The number of hydrogen-bond donors (Lipinski definition) is 1. The van der Waals surface area contributed by atoms with Gasteiger partial charge in [-0.15, -0.1) is 0 Å². The molecule has 1 rings (SSSR count). The third-order valence-corrected chi connectivity index (χ3v) is 3.98. The second kappa shape index (κ2) is 6.93. The van der Waals surface area contributed by atoms with Crippen molar-refractivity contribution >= 4 is 0 Å². The molecule has 3 atom stereocenters. The summed E-state index contributed by atoms with van der Waals surface area (Å²) in [5.41, 5.74) is 0. The van der Waals surface area contributed by atoms with Gasteiger partial charge in [-0.3, -0.25) is 4.90 Å². The summed E-state index contributed by atoms with van der Waals surface area (Å²) in [7, 11) is 0. The van der Waals surface area contributed by atoms with Gasteiger partial charge in [0.25, 0.3) is 0 Å². The number of halogens is 3. The average Bonchev–Trinajstić information content (AvgIpc) is 2.25. The number of hydrogen-bond acceptors (Lipinski definition) is 2. The van der Waals surface area contributed by atoms with Crippen molar-refractivity contribution in [2.75, 3.05) is 19.6 Å². The standard InChI is InChI=1S/C14H27F3N2/c1-5-11(4)13-7-18-12(6-10(2)3)8-19(13)9-14(15,16)17/h10-13,18H,5-9H2,1-4H3. The molecule has 0 bridgehead atoms. The largest absolute Gasteiger partial charge is 0.401 e. The van der Waals surface area contributed by atoms with Crippen molar-refractivity contribution in [3.63, 3.8) is 0 Å². The Labute approximate surface area is 114 Å². The Balaban J connectivity index is 2.68. The second-order valence-corrected chi connectivity index (χ2v) is 6.23. The van der Waals surface area contributed by atoms with E-state index in [0.29, 0.717) is 19.0 Å². The Morgan fingerprint density at radius 1 is 1.26 bits per heavy atom. The van der Waals surface area contributed by atoms with Crippen LogP contribution < -0.4 is 5.32 Å². The maximum Gasteiger partial charge on any atom is 0.401 e. The maximum absolute atomic E-state index is 12.7. The van der Waals surface area contributed by atoms with E-state index >= 15 is 0 Å². The number of nitrogens with one attached hydrogen (secondary N) is 1. The van der Waals surface area contributed by atoms with Crippen molar-refractivity contribution in [2.45, 2.75) is 58.8 Å². The molecule has 3 unspecified atom stereocenters. The molecule has 0 amide bonds. The van der Waals surface area contributed by atoms with Crippen molar-refractivity contribution in [3.05, 3.63) is 0 Å². The summed E-state index contributed by atoms with van der Waals surface area (Å²) >= 11 is 0. The van der Waals surface area contributed by atoms with Gasteiger partial charge >= 0.3 is 6.18 Å². The van der Waals surface area contributed by atoms with Gasteiger partial charge in [-0.25, -0.2) is 0 Å². The first-order valence-corrected chi connectivity index (χ1v) is 7.27. The molecule has 1 aliphatic heterocycles. The normalized spacial score (nSPS) is 27.8. The monoisotopic (exact) mass is 280 g/mol. The van der Waals surface area contributed by atoms with Crippen LogP contribution in [0.4, 0.5) is 13.2 Å². The predicted octanol–water partition coefficient (Wildman–Crippen LogP) is 3.28. The third kappa shape index (κ3) is 5.69. The SMILES string of the molecule is CCC(C)C1CNC(CC(C)C)CN1CC(F)(F)F. The molecule has 0 radical (unpaired) electrons. The van der Waals surface area contributed by atoms with Crippen LogP contribution in [0, 0.1) is 11.8 Å². The quantitative estimate of drug-likeness (QED) is 0.831. The molecule has 2 nitrogen and oxygen atoms in total. The lowest BCUT2D eigenvalue weighted by Crippen LogP contribution is -2.60. The highest BCUT2D eigenvalue weighted by atomic mass is 19.4. The minimum Gasteiger partial charge on any atom is -0.311 e. The fourth-order valence-electron chi connectivity index (χ4n) is 2.87. The fraction of sp³-hybridized carbons (Fsp3) is 1.00. The Hall–Kier alpha value is -0.290. The Kier molecular flexibility index (Phi) is 6.12. The summed E-state index contributed by atoms with van der Waals surface area (Å²) < 4.78 is 38.1. The molecular formula is C14H27F3N2. The molecule has 0 aromatic heterocycles. The minimum atomic E-state index is -4.11. The number of piperazine rings is 1. The summed E-state index contributed by atoms with van der Waals surface area (Å²) in [6.07, 6.45) is -2.26. The Morgan fingerprint density at radius 3 is 2.37 bits per heavy atom. The van der Waals surface area contributed by atoms with E-state index < -0.39 is 12.7 Å². The molecule has 19 heavy (non-hydrogen) atoms. The second-order valence-electron chi connectivity index (χ2n) is 6.23. The molecule has 114 valence electrons. The van der Waals surface area contributed by atoms with Crippen LogP contribution in [0.1, 0.15) is 40.5 Å². The van der Waals surface area contributed by atoms with Gasteiger partial charge in [-0.1, -0.05) is 34.1 Å². The van der Waals surface area contributed by atoms with E-state index in [9.17, 15) is 13.2 Å². The van der Waals surface area contributed by atoms with Gasteiger partial charge in [0.1, 0.15) is 0 Å². The zero-order chi connectivity index (χ0) is 14.6. The molecule has 0 saturated carbocycles. The van der Waals surface area contributed by atoms with E-state index in [1.165, 1.54) is 0 Å². The first-order chi connectivity index (χ1) is 8.73. The maximum atomic E-state index is 12.7. The minimum absolute atomic E-state index is 0.00460. The van der Waals surface area contributed by atoms with Crippen molar-refractivity contribution in [3.8, 4) is 0 Å². The number of alkyl halides is 3. The third-order valence-electron chi connectivity index (χ3n) is 3.98. The highest BCUT2D eigenvalue weighted by Crippen LogP contribution is 2.25. The van der Waals surface area contributed by atoms with E-state index in [1.807, 2.05) is 13.8 Å². The number of rotatable bonds is 5. The van der Waals surface area contributed by atoms with Gasteiger partial charge in [0.05, 0.1) is 6.54 Å². The average molecular weight is 280 g/mol. The van der Waals surface area contributed by atoms with Gasteiger partial charge in [-0.2, -0.15) is 13.2 Å². The van der Waals surface area contributed by atoms with Gasteiger partial charge < -0.3 is 5.32 Å². The van der Waals surface area contributed by atoms with E-state index in [0.717, 1.165) is 12.8 Å². The van der Waals surface area contributed by atoms with Crippen molar-refractivity contribution < 1.29 is 13.2 Å². The molecule has 0 aliphatic carbocycles. The lowest BCUT2D eigenvalue weighted by molar-refractivity contribution is -0.156. The Bertz CT molecular complexity index is 266. The van der Waals surface area contributed by atoms with Gasteiger partial charge in [0.15, 0.2) is 0 Å². The van der Waals surface area contributed by atoms with Crippen LogP contribution in [-0.2, 0) is 0 Å². The van der Waals surface area contributed by atoms with Crippen LogP contribution >= 0.6 is 0 Å². The highest BCUT2D eigenvalue weighted by molar-refractivity contribution is 4.89. The molecule has 0 aromatic carbocycles. The molecular weight excluding hydrogens is 253 g/mol. The summed E-state index contributed by atoms with van der Waals surface area (Å²) in [5.74, 6) is 0.792. The van der Waals surface area contributed by atoms with Gasteiger partial charge in [0, 0.05) is 25.2 Å². The van der Waals surface area contributed by atoms with Crippen molar-refractivity contribution in [2.24, 2.45) is 11.8 Å². The van der Waals surface area contributed by atoms with E-state index in [2.05, 4.69) is 19.2 Å². The van der Waals surface area contributed by atoms with Crippen molar-refractivity contribution in [1.29, 1.82) is 0 Å². The summed E-state index contributed by atoms with van der Waals surface area (Å²) in [6.45, 7) is 8.69. The van der Waals surface area contributed by atoms with Gasteiger partial charge in [-0.05, 0) is 18.3 Å². The lowest BCUT2D eigenvalue weighted by atomic mass is 9.92. The molecule has 1 aliphatic rings. The molecule has 1 saturated heterocycles. The van der Waals surface area contributed by atoms with Crippen LogP contribution in [0.3, 0.4) is 0 Å². The van der Waals surface area contributed by atoms with Crippen LogP contribution in [0.25, 0.3) is 0 Å². The highest BCUT2D eigenvalue weighted by Gasteiger charge is 2.38. The molecule has 5 heteroatoms. The molecule has 0 spiro atoms. The zero-order valence-corrected chi connectivity index (χ0v) is 12.4. The van der Waals surface area contributed by atoms with E-state index in [1.54, 1.807) is 4.90 Å².